The Kier molecular flexibility index (Phi) is 5.89. The van der Waals surface area contributed by atoms with Gasteiger partial charge in [-0.2, -0.15) is 0 Å². The zero-order valence-corrected chi connectivity index (χ0v) is 12.1. The quantitative estimate of drug-likeness (QED) is 0.734. The summed E-state index contributed by atoms with van der Waals surface area (Å²) in [7, 11) is 0. The van der Waals surface area contributed by atoms with Crippen LogP contribution < -0.4 is 5.32 Å². The van der Waals surface area contributed by atoms with Crippen LogP contribution in [0.2, 0.25) is 0 Å². The Morgan fingerprint density at radius 2 is 1.64 bits per heavy atom. The zero-order chi connectivity index (χ0) is 15.8. The van der Waals surface area contributed by atoms with E-state index in [1.807, 2.05) is 60.7 Å². The normalized spacial score (nSPS) is 13.9. The van der Waals surface area contributed by atoms with Crippen LogP contribution in [-0.4, -0.2) is 28.8 Å². The third-order valence-electron chi connectivity index (χ3n) is 3.31. The summed E-state index contributed by atoms with van der Waals surface area (Å²) >= 11 is 0. The predicted octanol–water partition coefficient (Wildman–Crippen LogP) is 2.48. The number of carboxylic acids is 1. The lowest BCUT2D eigenvalue weighted by Gasteiger charge is -2.20. The number of nitrogens with one attached hydrogen (secondary N) is 1. The molecule has 0 saturated heterocycles. The summed E-state index contributed by atoms with van der Waals surface area (Å²) < 4.78 is 0. The number of carbonyl (C=O) groups is 1. The molecule has 0 radical (unpaired) electrons. The van der Waals surface area contributed by atoms with E-state index < -0.39 is 18.1 Å². The van der Waals surface area contributed by atoms with Crippen LogP contribution in [0.4, 0.5) is 0 Å². The summed E-state index contributed by atoms with van der Waals surface area (Å²) in [5.41, 5.74) is 1.78. The molecule has 2 aromatic carbocycles. The molecule has 0 saturated carbocycles. The minimum atomic E-state index is -0.985. The van der Waals surface area contributed by atoms with E-state index in [0.29, 0.717) is 0 Å². The van der Waals surface area contributed by atoms with Gasteiger partial charge in [0.2, 0.25) is 0 Å². The van der Waals surface area contributed by atoms with Crippen molar-refractivity contribution in [2.24, 2.45) is 0 Å². The summed E-state index contributed by atoms with van der Waals surface area (Å²) in [6.07, 6.45) is 3.34. The standard InChI is InChI=1S/C18H19NO3/c20-13-17(15-9-5-2-6-10-15)19-16(18(21)22)12-11-14-7-3-1-4-8-14/h1-12,16-17,19-20H,13H2,(H,21,22)/t16-,17-/m1/s1. The predicted molar refractivity (Wildman–Crippen MR) is 86.3 cm³/mol. The summed E-state index contributed by atoms with van der Waals surface area (Å²) in [6.45, 7) is -0.174. The van der Waals surface area contributed by atoms with E-state index in [0.717, 1.165) is 11.1 Å². The van der Waals surface area contributed by atoms with Gasteiger partial charge in [-0.05, 0) is 11.1 Å². The third-order valence-corrected chi connectivity index (χ3v) is 3.31. The Hall–Kier alpha value is -2.43. The Bertz CT molecular complexity index is 611. The van der Waals surface area contributed by atoms with Crippen LogP contribution in [-0.2, 0) is 4.79 Å². The van der Waals surface area contributed by atoms with Crippen molar-refractivity contribution in [2.45, 2.75) is 12.1 Å². The summed E-state index contributed by atoms with van der Waals surface area (Å²) in [6, 6.07) is 17.5. The van der Waals surface area contributed by atoms with Crippen LogP contribution in [0, 0.1) is 0 Å². The first-order valence-electron chi connectivity index (χ1n) is 7.08. The van der Waals surface area contributed by atoms with Gasteiger partial charge >= 0.3 is 5.97 Å². The first kappa shape index (κ1) is 15.9. The lowest BCUT2D eigenvalue weighted by atomic mass is 10.1. The largest absolute Gasteiger partial charge is 0.480 e. The first-order chi connectivity index (χ1) is 10.7. The van der Waals surface area contributed by atoms with Crippen LogP contribution in [0.1, 0.15) is 17.2 Å². The minimum absolute atomic E-state index is 0.174. The zero-order valence-electron chi connectivity index (χ0n) is 12.1. The molecule has 22 heavy (non-hydrogen) atoms. The summed E-state index contributed by atoms with van der Waals surface area (Å²) in [5, 5.41) is 21.8. The maximum atomic E-state index is 11.4. The molecule has 4 nitrogen and oxygen atoms in total. The average Bonchev–Trinajstić information content (AvgIpc) is 2.56. The lowest BCUT2D eigenvalue weighted by Crippen LogP contribution is -2.39. The van der Waals surface area contributed by atoms with E-state index in [9.17, 15) is 15.0 Å². The fraction of sp³-hybridized carbons (Fsp3) is 0.167. The fourth-order valence-corrected chi connectivity index (χ4v) is 2.14. The van der Waals surface area contributed by atoms with Gasteiger partial charge in [0.15, 0.2) is 0 Å². The van der Waals surface area contributed by atoms with E-state index in [4.69, 9.17) is 0 Å². The van der Waals surface area contributed by atoms with E-state index in [-0.39, 0.29) is 6.61 Å². The lowest BCUT2D eigenvalue weighted by molar-refractivity contribution is -0.138. The maximum Gasteiger partial charge on any atom is 0.324 e. The molecule has 0 aliphatic heterocycles. The smallest absolute Gasteiger partial charge is 0.324 e. The number of rotatable bonds is 7. The summed E-state index contributed by atoms with van der Waals surface area (Å²) in [4.78, 5) is 11.4. The fourth-order valence-electron chi connectivity index (χ4n) is 2.14. The van der Waals surface area contributed by atoms with E-state index >= 15 is 0 Å². The molecule has 0 aliphatic carbocycles. The molecular weight excluding hydrogens is 278 g/mol. The number of carboxylic acid groups (broad SMARTS) is 1. The molecule has 0 aromatic heterocycles. The van der Waals surface area contributed by atoms with Gasteiger partial charge in [0.1, 0.15) is 6.04 Å². The van der Waals surface area contributed by atoms with E-state index in [2.05, 4.69) is 5.32 Å². The number of aliphatic hydroxyl groups excluding tert-OH is 1. The number of aliphatic carboxylic acids is 1. The second kappa shape index (κ2) is 8.12. The monoisotopic (exact) mass is 297 g/mol. The van der Waals surface area contributed by atoms with Crippen molar-refractivity contribution in [1.29, 1.82) is 0 Å². The van der Waals surface area contributed by atoms with Crippen molar-refractivity contribution in [3.8, 4) is 0 Å². The molecule has 2 rings (SSSR count). The van der Waals surface area contributed by atoms with Gasteiger partial charge in [-0.1, -0.05) is 72.8 Å². The molecule has 0 fully saturated rings. The molecule has 0 unspecified atom stereocenters. The topological polar surface area (TPSA) is 69.6 Å². The highest BCUT2D eigenvalue weighted by Gasteiger charge is 2.19. The number of aliphatic hydroxyl groups is 1. The number of benzene rings is 2. The third kappa shape index (κ3) is 4.55. The van der Waals surface area contributed by atoms with Crippen molar-refractivity contribution in [1.82, 2.24) is 5.32 Å². The molecule has 0 bridgehead atoms. The van der Waals surface area contributed by atoms with Gasteiger partial charge in [0.25, 0.3) is 0 Å². The van der Waals surface area contributed by atoms with Gasteiger partial charge in [-0.15, -0.1) is 0 Å². The molecule has 4 heteroatoms. The molecule has 0 spiro atoms. The number of hydrogen-bond donors (Lipinski definition) is 3. The van der Waals surface area contributed by atoms with Crippen molar-refractivity contribution < 1.29 is 15.0 Å². The van der Waals surface area contributed by atoms with Gasteiger partial charge in [0, 0.05) is 0 Å². The Labute approximate surface area is 129 Å². The van der Waals surface area contributed by atoms with Gasteiger partial charge in [0.05, 0.1) is 12.6 Å². The molecular formula is C18H19NO3. The van der Waals surface area contributed by atoms with Gasteiger partial charge < -0.3 is 10.2 Å². The summed E-state index contributed by atoms with van der Waals surface area (Å²) in [5.74, 6) is -0.985. The minimum Gasteiger partial charge on any atom is -0.480 e. The second-order valence-corrected chi connectivity index (χ2v) is 4.90. The van der Waals surface area contributed by atoms with Crippen LogP contribution in [0.25, 0.3) is 6.08 Å². The van der Waals surface area contributed by atoms with Crippen LogP contribution in [0.15, 0.2) is 66.7 Å². The molecule has 0 heterocycles. The molecule has 2 aromatic rings. The first-order valence-corrected chi connectivity index (χ1v) is 7.08. The molecule has 3 N–H and O–H groups in total. The highest BCUT2D eigenvalue weighted by molar-refractivity contribution is 5.77. The van der Waals surface area contributed by atoms with Gasteiger partial charge in [-0.3, -0.25) is 10.1 Å². The Morgan fingerprint density at radius 1 is 1.05 bits per heavy atom. The number of hydrogen-bond acceptors (Lipinski definition) is 3. The van der Waals surface area contributed by atoms with Gasteiger partial charge in [-0.25, -0.2) is 0 Å². The highest BCUT2D eigenvalue weighted by atomic mass is 16.4. The molecule has 0 amide bonds. The molecule has 0 aliphatic rings. The Morgan fingerprint density at radius 3 is 2.18 bits per heavy atom. The highest BCUT2D eigenvalue weighted by Crippen LogP contribution is 2.13. The molecule has 114 valence electrons. The van der Waals surface area contributed by atoms with Crippen LogP contribution >= 0.6 is 0 Å². The van der Waals surface area contributed by atoms with Crippen LogP contribution in [0.3, 0.4) is 0 Å². The van der Waals surface area contributed by atoms with Crippen molar-refractivity contribution in [2.75, 3.05) is 6.61 Å². The second-order valence-electron chi connectivity index (χ2n) is 4.90. The molecule has 2 atom stereocenters. The van der Waals surface area contributed by atoms with Crippen LogP contribution in [0.5, 0.6) is 0 Å². The van der Waals surface area contributed by atoms with E-state index in [1.165, 1.54) is 0 Å². The Balaban J connectivity index is 2.11. The van der Waals surface area contributed by atoms with Crippen molar-refractivity contribution in [3.63, 3.8) is 0 Å². The van der Waals surface area contributed by atoms with Crippen molar-refractivity contribution in [3.05, 3.63) is 77.9 Å². The maximum absolute atomic E-state index is 11.4. The van der Waals surface area contributed by atoms with E-state index in [1.54, 1.807) is 12.2 Å². The SMILES string of the molecule is O=C(O)[C@@H](C=Cc1ccccc1)N[C@H](CO)c1ccccc1. The average molecular weight is 297 g/mol. The van der Waals surface area contributed by atoms with Crippen molar-refractivity contribution >= 4 is 12.0 Å².